The normalized spacial score (nSPS) is 19.1. The Hall–Kier alpha value is -2.37. The van der Waals surface area contributed by atoms with Crippen LogP contribution >= 0.6 is 0 Å². The second-order valence-corrected chi connectivity index (χ2v) is 6.00. The highest BCUT2D eigenvalue weighted by Gasteiger charge is 2.30. The highest BCUT2D eigenvalue weighted by atomic mass is 16.2. The Kier molecular flexibility index (Phi) is 3.10. The number of fused-ring (bicyclic) bond motifs is 2. The molecule has 0 fully saturated rings. The minimum Gasteiger partial charge on any atom is -0.330 e. The maximum Gasteiger partial charge on any atom is 0.322 e. The number of benzene rings is 1. The standard InChI is InChI=1S/C16H19N5O/c1-11-9-12-5-2-3-6-13(12)21(11)16(22)17-10-15-19-18-14-7-4-8-20(14)15/h2-3,5-6,11H,4,7-10H2,1H3,(H,17,22). The summed E-state index contributed by atoms with van der Waals surface area (Å²) in [6, 6.07) is 8.21. The van der Waals surface area contributed by atoms with Crippen molar-refractivity contribution >= 4 is 11.7 Å². The van der Waals surface area contributed by atoms with Crippen LogP contribution in [0.1, 0.15) is 30.6 Å². The van der Waals surface area contributed by atoms with Crippen LogP contribution in [0.2, 0.25) is 0 Å². The van der Waals surface area contributed by atoms with Crippen molar-refractivity contribution in [3.63, 3.8) is 0 Å². The predicted molar refractivity (Wildman–Crippen MR) is 82.7 cm³/mol. The number of carbonyl (C=O) groups excluding carboxylic acids is 1. The van der Waals surface area contributed by atoms with Crippen LogP contribution in [0.5, 0.6) is 0 Å². The molecule has 1 N–H and O–H groups in total. The average Bonchev–Trinajstić information content (AvgIpc) is 3.18. The molecule has 0 saturated carbocycles. The highest BCUT2D eigenvalue weighted by molar-refractivity contribution is 5.94. The molecular formula is C16H19N5O. The fourth-order valence-corrected chi connectivity index (χ4v) is 3.46. The van der Waals surface area contributed by atoms with Gasteiger partial charge in [-0.25, -0.2) is 4.79 Å². The highest BCUT2D eigenvalue weighted by Crippen LogP contribution is 2.31. The fraction of sp³-hybridized carbons (Fsp3) is 0.438. The molecule has 3 heterocycles. The van der Waals surface area contributed by atoms with Gasteiger partial charge in [-0.1, -0.05) is 18.2 Å². The third-order valence-electron chi connectivity index (χ3n) is 4.51. The molecule has 1 atom stereocenters. The number of aromatic nitrogens is 3. The Balaban J connectivity index is 1.48. The van der Waals surface area contributed by atoms with Gasteiger partial charge < -0.3 is 9.88 Å². The molecule has 22 heavy (non-hydrogen) atoms. The van der Waals surface area contributed by atoms with Crippen LogP contribution in [0.4, 0.5) is 10.5 Å². The lowest BCUT2D eigenvalue weighted by molar-refractivity contribution is 0.244. The monoisotopic (exact) mass is 297 g/mol. The van der Waals surface area contributed by atoms with Crippen LogP contribution in [-0.4, -0.2) is 26.8 Å². The first-order chi connectivity index (χ1) is 10.7. The first-order valence-electron chi connectivity index (χ1n) is 7.80. The molecule has 1 unspecified atom stereocenters. The second kappa shape index (κ2) is 5.12. The predicted octanol–water partition coefficient (Wildman–Crippen LogP) is 1.89. The van der Waals surface area contributed by atoms with E-state index < -0.39 is 0 Å². The zero-order valence-corrected chi connectivity index (χ0v) is 12.6. The topological polar surface area (TPSA) is 63.1 Å². The summed E-state index contributed by atoms with van der Waals surface area (Å²) in [5, 5.41) is 11.3. The van der Waals surface area contributed by atoms with Gasteiger partial charge in [0.1, 0.15) is 5.82 Å². The molecule has 0 aliphatic carbocycles. The number of amides is 2. The lowest BCUT2D eigenvalue weighted by atomic mass is 10.1. The average molecular weight is 297 g/mol. The summed E-state index contributed by atoms with van der Waals surface area (Å²) in [7, 11) is 0. The van der Waals surface area contributed by atoms with Crippen LogP contribution in [0.3, 0.4) is 0 Å². The largest absolute Gasteiger partial charge is 0.330 e. The first-order valence-corrected chi connectivity index (χ1v) is 7.80. The van der Waals surface area contributed by atoms with Crippen LogP contribution in [0.25, 0.3) is 0 Å². The Bertz CT molecular complexity index is 723. The van der Waals surface area contributed by atoms with Crippen molar-refractivity contribution in [2.45, 2.75) is 45.3 Å². The number of urea groups is 1. The van der Waals surface area contributed by atoms with Gasteiger partial charge in [-0.3, -0.25) is 4.90 Å². The maximum absolute atomic E-state index is 12.6. The van der Waals surface area contributed by atoms with Gasteiger partial charge >= 0.3 is 6.03 Å². The molecule has 2 aliphatic heterocycles. The van der Waals surface area contributed by atoms with E-state index in [2.05, 4.69) is 33.1 Å². The quantitative estimate of drug-likeness (QED) is 0.920. The number of nitrogens with one attached hydrogen (secondary N) is 1. The van der Waals surface area contributed by atoms with Gasteiger partial charge in [0.05, 0.1) is 6.54 Å². The summed E-state index contributed by atoms with van der Waals surface area (Å²) in [5.74, 6) is 1.88. The number of para-hydroxylation sites is 1. The smallest absolute Gasteiger partial charge is 0.322 e. The lowest BCUT2D eigenvalue weighted by Gasteiger charge is -2.23. The molecule has 4 rings (SSSR count). The van der Waals surface area contributed by atoms with Gasteiger partial charge in [0, 0.05) is 24.7 Å². The summed E-state index contributed by atoms with van der Waals surface area (Å²) in [6.45, 7) is 3.46. The molecule has 114 valence electrons. The number of aryl methyl sites for hydroxylation is 1. The van der Waals surface area contributed by atoms with Crippen LogP contribution in [-0.2, 0) is 25.9 Å². The summed E-state index contributed by atoms with van der Waals surface area (Å²) in [5.41, 5.74) is 2.24. The van der Waals surface area contributed by atoms with Crippen molar-refractivity contribution < 1.29 is 4.79 Å². The first kappa shape index (κ1) is 13.3. The molecule has 0 spiro atoms. The van der Waals surface area contributed by atoms with Crippen molar-refractivity contribution in [1.82, 2.24) is 20.1 Å². The molecule has 1 aromatic carbocycles. The molecule has 2 aromatic rings. The van der Waals surface area contributed by atoms with E-state index in [1.807, 2.05) is 23.1 Å². The molecule has 6 heteroatoms. The maximum atomic E-state index is 12.6. The number of hydrogen-bond donors (Lipinski definition) is 1. The van der Waals surface area contributed by atoms with E-state index in [0.29, 0.717) is 6.54 Å². The van der Waals surface area contributed by atoms with E-state index >= 15 is 0 Å². The summed E-state index contributed by atoms with van der Waals surface area (Å²) >= 11 is 0. The van der Waals surface area contributed by atoms with Gasteiger partial charge in [0.25, 0.3) is 0 Å². The fourth-order valence-electron chi connectivity index (χ4n) is 3.46. The molecule has 0 radical (unpaired) electrons. The zero-order chi connectivity index (χ0) is 15.1. The molecule has 6 nitrogen and oxygen atoms in total. The van der Waals surface area contributed by atoms with Crippen molar-refractivity contribution in [2.24, 2.45) is 0 Å². The third-order valence-corrected chi connectivity index (χ3v) is 4.51. The number of nitrogens with zero attached hydrogens (tertiary/aromatic N) is 4. The summed E-state index contributed by atoms with van der Waals surface area (Å²) in [4.78, 5) is 14.4. The van der Waals surface area contributed by atoms with Crippen molar-refractivity contribution in [3.8, 4) is 0 Å². The van der Waals surface area contributed by atoms with E-state index in [1.165, 1.54) is 5.56 Å². The van der Waals surface area contributed by atoms with E-state index in [-0.39, 0.29) is 12.1 Å². The zero-order valence-electron chi connectivity index (χ0n) is 12.6. The molecular weight excluding hydrogens is 278 g/mol. The molecule has 0 bridgehead atoms. The minimum absolute atomic E-state index is 0.0622. The van der Waals surface area contributed by atoms with E-state index in [4.69, 9.17) is 0 Å². The van der Waals surface area contributed by atoms with Gasteiger partial charge in [0.15, 0.2) is 5.82 Å². The van der Waals surface area contributed by atoms with Crippen LogP contribution in [0.15, 0.2) is 24.3 Å². The summed E-state index contributed by atoms with van der Waals surface area (Å²) < 4.78 is 2.11. The Morgan fingerprint density at radius 2 is 2.23 bits per heavy atom. The van der Waals surface area contributed by atoms with Crippen LogP contribution in [0, 0.1) is 0 Å². The van der Waals surface area contributed by atoms with Crippen LogP contribution < -0.4 is 10.2 Å². The summed E-state index contributed by atoms with van der Waals surface area (Å²) in [6.07, 6.45) is 3.00. The lowest BCUT2D eigenvalue weighted by Crippen LogP contribution is -2.43. The Morgan fingerprint density at radius 3 is 3.14 bits per heavy atom. The van der Waals surface area contributed by atoms with Gasteiger partial charge in [0.2, 0.25) is 0 Å². The number of anilines is 1. The van der Waals surface area contributed by atoms with Gasteiger partial charge in [-0.15, -0.1) is 10.2 Å². The van der Waals surface area contributed by atoms with Crippen molar-refractivity contribution in [3.05, 3.63) is 41.5 Å². The van der Waals surface area contributed by atoms with Crippen molar-refractivity contribution in [2.75, 3.05) is 4.90 Å². The van der Waals surface area contributed by atoms with E-state index in [9.17, 15) is 4.79 Å². The Labute approximate surface area is 129 Å². The van der Waals surface area contributed by atoms with E-state index in [1.54, 1.807) is 0 Å². The Morgan fingerprint density at radius 1 is 1.36 bits per heavy atom. The molecule has 1 aromatic heterocycles. The van der Waals surface area contributed by atoms with Crippen molar-refractivity contribution in [1.29, 1.82) is 0 Å². The third kappa shape index (κ3) is 2.06. The molecule has 2 aliphatic rings. The second-order valence-electron chi connectivity index (χ2n) is 6.00. The number of carbonyl (C=O) groups is 1. The van der Waals surface area contributed by atoms with E-state index in [0.717, 1.165) is 43.1 Å². The minimum atomic E-state index is -0.0622. The molecule has 2 amide bonds. The van der Waals surface area contributed by atoms with Gasteiger partial charge in [-0.05, 0) is 31.4 Å². The number of rotatable bonds is 2. The molecule has 0 saturated heterocycles. The number of hydrogen-bond acceptors (Lipinski definition) is 3. The van der Waals surface area contributed by atoms with Gasteiger partial charge in [-0.2, -0.15) is 0 Å². The SMILES string of the molecule is CC1Cc2ccccc2N1C(=O)NCc1nnc2n1CCC2.